The smallest absolute Gasteiger partial charge is 0.335 e. The van der Waals surface area contributed by atoms with Crippen LogP contribution in [0.4, 0.5) is 4.79 Å². The molecule has 9 nitrogen and oxygen atoms in total. The number of aromatic carboxylic acids is 1. The number of halogens is 1. The summed E-state index contributed by atoms with van der Waals surface area (Å²) in [5.74, 6) is -1.40. The number of benzene rings is 2. The van der Waals surface area contributed by atoms with Crippen molar-refractivity contribution >= 4 is 63.5 Å². The van der Waals surface area contributed by atoms with Gasteiger partial charge in [-0.05, 0) is 89.7 Å². The molecule has 1 N–H and O–H groups in total. The summed E-state index contributed by atoms with van der Waals surface area (Å²) < 4.78 is 17.0. The first kappa shape index (κ1) is 26.5. The number of hydrogen-bond donors (Lipinski definition) is 1. The Kier molecular flexibility index (Phi) is 8.78. The quantitative estimate of drug-likeness (QED) is 0.247. The van der Waals surface area contributed by atoms with Crippen molar-refractivity contribution in [1.82, 2.24) is 4.90 Å². The molecule has 2 aromatic carbocycles. The first-order valence-corrected chi connectivity index (χ1v) is 12.3. The lowest BCUT2D eigenvalue weighted by Crippen LogP contribution is -2.42. The Labute approximate surface area is 219 Å². The summed E-state index contributed by atoms with van der Waals surface area (Å²) in [5, 5.41) is 8.61. The van der Waals surface area contributed by atoms with Crippen molar-refractivity contribution in [3.63, 3.8) is 0 Å². The van der Waals surface area contributed by atoms with Crippen LogP contribution in [0.1, 0.15) is 35.3 Å². The zero-order chi connectivity index (χ0) is 25.7. The first-order chi connectivity index (χ1) is 16.7. The SMILES string of the molecule is CCOC(=O)[C@@H](C)N1C(=O)S/C(=C/c2cc(I)c(OCc3cccc(C(=O)O)c3)c(OC)c2)C1=O. The molecule has 1 heterocycles. The number of carbonyl (C=O) groups excluding carboxylic acids is 3. The van der Waals surface area contributed by atoms with E-state index < -0.39 is 29.1 Å². The van der Waals surface area contributed by atoms with Crippen LogP contribution < -0.4 is 9.47 Å². The maximum atomic E-state index is 12.8. The van der Waals surface area contributed by atoms with Gasteiger partial charge < -0.3 is 19.3 Å². The number of hydrogen-bond acceptors (Lipinski definition) is 8. The number of carboxylic acid groups (broad SMARTS) is 1. The molecule has 11 heteroatoms. The van der Waals surface area contributed by atoms with Gasteiger partial charge in [-0.3, -0.25) is 14.5 Å². The molecule has 0 aromatic heterocycles. The molecule has 1 atom stereocenters. The molecule has 0 saturated carbocycles. The van der Waals surface area contributed by atoms with E-state index >= 15 is 0 Å². The summed E-state index contributed by atoms with van der Waals surface area (Å²) in [5.41, 5.74) is 1.44. The van der Waals surface area contributed by atoms with Crippen LogP contribution in [0.5, 0.6) is 11.5 Å². The minimum atomic E-state index is -1.03. The Hall–Kier alpha value is -3.06. The Bertz CT molecular complexity index is 1210. The summed E-state index contributed by atoms with van der Waals surface area (Å²) >= 11 is 2.81. The van der Waals surface area contributed by atoms with Gasteiger partial charge in [-0.15, -0.1) is 0 Å². The number of carbonyl (C=O) groups is 4. The predicted molar refractivity (Wildman–Crippen MR) is 137 cm³/mol. The Morgan fingerprint density at radius 3 is 2.63 bits per heavy atom. The van der Waals surface area contributed by atoms with Crippen LogP contribution in [0.25, 0.3) is 6.08 Å². The minimum absolute atomic E-state index is 0.122. The van der Waals surface area contributed by atoms with E-state index in [1.54, 1.807) is 37.3 Å². The summed E-state index contributed by atoms with van der Waals surface area (Å²) in [4.78, 5) is 49.5. The first-order valence-electron chi connectivity index (χ1n) is 10.4. The fraction of sp³-hybridized carbons (Fsp3) is 0.250. The summed E-state index contributed by atoms with van der Waals surface area (Å²) in [7, 11) is 1.47. The monoisotopic (exact) mass is 611 g/mol. The van der Waals surface area contributed by atoms with E-state index in [1.807, 2.05) is 0 Å². The molecule has 1 aliphatic rings. The number of thioether (sulfide) groups is 1. The van der Waals surface area contributed by atoms with Crippen molar-refractivity contribution in [2.45, 2.75) is 26.5 Å². The number of methoxy groups -OCH3 is 1. The Balaban J connectivity index is 1.82. The molecule has 2 aromatic rings. The highest BCUT2D eigenvalue weighted by atomic mass is 127. The summed E-state index contributed by atoms with van der Waals surface area (Å²) in [6, 6.07) is 8.82. The normalized spacial score (nSPS) is 15.3. The molecule has 0 unspecified atom stereocenters. The van der Waals surface area contributed by atoms with Crippen molar-refractivity contribution in [1.29, 1.82) is 0 Å². The van der Waals surface area contributed by atoms with E-state index in [-0.39, 0.29) is 23.7 Å². The van der Waals surface area contributed by atoms with Crippen LogP contribution >= 0.6 is 34.4 Å². The van der Waals surface area contributed by atoms with Gasteiger partial charge in [-0.2, -0.15) is 0 Å². The molecule has 2 amide bonds. The van der Waals surface area contributed by atoms with Gasteiger partial charge in [-0.1, -0.05) is 12.1 Å². The average Bonchev–Trinajstić information content (AvgIpc) is 3.10. The van der Waals surface area contributed by atoms with Crippen LogP contribution in [0, 0.1) is 3.57 Å². The molecule has 1 fully saturated rings. The van der Waals surface area contributed by atoms with E-state index in [4.69, 9.17) is 19.3 Å². The maximum absolute atomic E-state index is 12.8. The third-order valence-electron chi connectivity index (χ3n) is 4.95. The number of rotatable bonds is 9. The minimum Gasteiger partial charge on any atom is -0.493 e. The molecule has 1 saturated heterocycles. The second-order valence-electron chi connectivity index (χ2n) is 7.31. The number of imide groups is 1. The Morgan fingerprint density at radius 1 is 1.23 bits per heavy atom. The number of nitrogens with zero attached hydrogens (tertiary/aromatic N) is 1. The summed E-state index contributed by atoms with van der Waals surface area (Å²) in [6.45, 7) is 3.36. The van der Waals surface area contributed by atoms with Crippen molar-refractivity contribution in [2.24, 2.45) is 0 Å². The second kappa shape index (κ2) is 11.6. The van der Waals surface area contributed by atoms with Gasteiger partial charge in [0.05, 0.1) is 27.8 Å². The van der Waals surface area contributed by atoms with Gasteiger partial charge in [0.15, 0.2) is 11.5 Å². The summed E-state index contributed by atoms with van der Waals surface area (Å²) in [6.07, 6.45) is 1.55. The van der Waals surface area contributed by atoms with Gasteiger partial charge >= 0.3 is 11.9 Å². The van der Waals surface area contributed by atoms with Crippen LogP contribution in [0.2, 0.25) is 0 Å². The molecular weight excluding hydrogens is 589 g/mol. The molecular formula is C24H22INO8S. The van der Waals surface area contributed by atoms with Crippen LogP contribution in [0.3, 0.4) is 0 Å². The molecule has 0 spiro atoms. The van der Waals surface area contributed by atoms with Gasteiger partial charge in [0.2, 0.25) is 0 Å². The zero-order valence-electron chi connectivity index (χ0n) is 19.1. The van der Waals surface area contributed by atoms with Gasteiger partial charge in [0.25, 0.3) is 11.1 Å². The Morgan fingerprint density at radius 2 is 1.97 bits per heavy atom. The van der Waals surface area contributed by atoms with E-state index in [2.05, 4.69) is 22.6 Å². The third-order valence-corrected chi connectivity index (χ3v) is 6.63. The predicted octanol–water partition coefficient (Wildman–Crippen LogP) is 4.56. The molecule has 0 bridgehead atoms. The van der Waals surface area contributed by atoms with Crippen molar-refractivity contribution in [2.75, 3.05) is 13.7 Å². The fourth-order valence-corrected chi connectivity index (χ4v) is 4.94. The van der Waals surface area contributed by atoms with E-state index in [1.165, 1.54) is 26.2 Å². The molecule has 0 aliphatic carbocycles. The maximum Gasteiger partial charge on any atom is 0.335 e. The van der Waals surface area contributed by atoms with Crippen molar-refractivity contribution < 1.29 is 38.5 Å². The number of amides is 2. The molecule has 3 rings (SSSR count). The number of ether oxygens (including phenoxy) is 3. The van der Waals surface area contributed by atoms with Crippen LogP contribution in [-0.2, 0) is 20.9 Å². The molecule has 1 aliphatic heterocycles. The highest BCUT2D eigenvalue weighted by Crippen LogP contribution is 2.38. The number of esters is 1. The van der Waals surface area contributed by atoms with Crippen molar-refractivity contribution in [3.8, 4) is 11.5 Å². The van der Waals surface area contributed by atoms with Crippen LogP contribution in [-0.4, -0.2) is 52.8 Å². The van der Waals surface area contributed by atoms with Gasteiger partial charge in [-0.25, -0.2) is 9.59 Å². The highest BCUT2D eigenvalue weighted by molar-refractivity contribution is 14.1. The average molecular weight is 611 g/mol. The topological polar surface area (TPSA) is 119 Å². The van der Waals surface area contributed by atoms with Gasteiger partial charge in [0.1, 0.15) is 12.6 Å². The van der Waals surface area contributed by atoms with Crippen LogP contribution in [0.15, 0.2) is 41.3 Å². The molecule has 184 valence electrons. The third kappa shape index (κ3) is 6.14. The number of carboxylic acids is 1. The molecule has 0 radical (unpaired) electrons. The van der Waals surface area contributed by atoms with E-state index in [0.29, 0.717) is 26.2 Å². The highest BCUT2D eigenvalue weighted by Gasteiger charge is 2.41. The largest absolute Gasteiger partial charge is 0.493 e. The van der Waals surface area contributed by atoms with Gasteiger partial charge in [0, 0.05) is 0 Å². The lowest BCUT2D eigenvalue weighted by Gasteiger charge is -2.19. The fourth-order valence-electron chi connectivity index (χ4n) is 3.25. The lowest BCUT2D eigenvalue weighted by molar-refractivity contribution is -0.150. The lowest BCUT2D eigenvalue weighted by atomic mass is 10.1. The zero-order valence-corrected chi connectivity index (χ0v) is 22.0. The standard InChI is InChI=1S/C24H22INO8S/c1-4-33-23(30)13(2)26-21(27)19(35-24(26)31)11-15-9-17(25)20(18(10-15)32-3)34-12-14-6-5-7-16(8-14)22(28)29/h5-11,13H,4,12H2,1-3H3,(H,28,29)/b19-11+/t13-/m1/s1. The second-order valence-corrected chi connectivity index (χ2v) is 9.46. The van der Waals surface area contributed by atoms with E-state index in [0.717, 1.165) is 16.7 Å². The van der Waals surface area contributed by atoms with Crippen molar-refractivity contribution in [3.05, 3.63) is 61.6 Å². The molecule has 35 heavy (non-hydrogen) atoms. The van der Waals surface area contributed by atoms with E-state index in [9.17, 15) is 19.2 Å².